The maximum absolute atomic E-state index is 10.3. The minimum atomic E-state index is -0.0750. The van der Waals surface area contributed by atoms with Crippen LogP contribution in [0.2, 0.25) is 0 Å². The SMILES string of the molecule is CC1(C)CC(OC(=N)/C=C\C(=N)c2cc3ccc(O)cc3cc2O)CC(C)(C)N1. The van der Waals surface area contributed by atoms with Crippen LogP contribution in [0.15, 0.2) is 42.5 Å². The molecule has 6 heteroatoms. The van der Waals surface area contributed by atoms with Crippen LogP contribution in [-0.4, -0.2) is 39.0 Å². The van der Waals surface area contributed by atoms with E-state index in [4.69, 9.17) is 15.6 Å². The molecule has 0 bridgehead atoms. The number of phenolic OH excluding ortho intramolecular Hbond substituents is 2. The van der Waals surface area contributed by atoms with Gasteiger partial charge in [0.1, 0.15) is 17.6 Å². The first-order valence-electron chi connectivity index (χ1n) is 9.71. The summed E-state index contributed by atoms with van der Waals surface area (Å²) in [5.41, 5.74) is 0.288. The lowest BCUT2D eigenvalue weighted by atomic mass is 9.81. The Morgan fingerprint density at radius 1 is 1.00 bits per heavy atom. The van der Waals surface area contributed by atoms with Crippen LogP contribution in [0.5, 0.6) is 11.5 Å². The molecule has 5 N–H and O–H groups in total. The molecular weight excluding hydrogens is 366 g/mol. The van der Waals surface area contributed by atoms with Crippen molar-refractivity contribution in [1.29, 1.82) is 10.8 Å². The molecule has 2 aromatic carbocycles. The second-order valence-electron chi connectivity index (χ2n) is 9.05. The Balaban J connectivity index is 1.70. The van der Waals surface area contributed by atoms with Gasteiger partial charge in [-0.3, -0.25) is 5.41 Å². The van der Waals surface area contributed by atoms with Gasteiger partial charge in [-0.25, -0.2) is 0 Å². The molecule has 154 valence electrons. The van der Waals surface area contributed by atoms with Crippen molar-refractivity contribution in [2.75, 3.05) is 0 Å². The number of fused-ring (bicyclic) bond motifs is 1. The van der Waals surface area contributed by atoms with E-state index < -0.39 is 0 Å². The fourth-order valence-corrected chi connectivity index (χ4v) is 4.27. The van der Waals surface area contributed by atoms with Gasteiger partial charge in [-0.15, -0.1) is 0 Å². The van der Waals surface area contributed by atoms with Crippen LogP contribution in [0, 0.1) is 10.8 Å². The van der Waals surface area contributed by atoms with E-state index in [9.17, 15) is 10.2 Å². The lowest BCUT2D eigenvalue weighted by molar-refractivity contribution is 0.0485. The number of ether oxygens (including phenoxy) is 1. The minimum absolute atomic E-state index is 0.00143. The van der Waals surface area contributed by atoms with Gasteiger partial charge >= 0.3 is 0 Å². The number of rotatable bonds is 4. The molecule has 0 radical (unpaired) electrons. The van der Waals surface area contributed by atoms with Gasteiger partial charge in [0.2, 0.25) is 5.90 Å². The van der Waals surface area contributed by atoms with E-state index in [0.717, 1.165) is 18.2 Å². The van der Waals surface area contributed by atoms with Gasteiger partial charge in [0.25, 0.3) is 0 Å². The highest BCUT2D eigenvalue weighted by molar-refractivity contribution is 6.12. The van der Waals surface area contributed by atoms with Crippen molar-refractivity contribution in [3.8, 4) is 11.5 Å². The molecule has 0 unspecified atom stereocenters. The Bertz CT molecular complexity index is 976. The maximum Gasteiger partial charge on any atom is 0.206 e. The molecule has 1 heterocycles. The van der Waals surface area contributed by atoms with E-state index in [-0.39, 0.29) is 40.3 Å². The highest BCUT2D eigenvalue weighted by Gasteiger charge is 2.38. The van der Waals surface area contributed by atoms with Crippen LogP contribution < -0.4 is 5.32 Å². The molecule has 0 atom stereocenters. The molecular formula is C23H29N3O3. The molecule has 1 saturated heterocycles. The van der Waals surface area contributed by atoms with Crippen molar-refractivity contribution in [2.24, 2.45) is 0 Å². The monoisotopic (exact) mass is 395 g/mol. The molecule has 2 aromatic rings. The van der Waals surface area contributed by atoms with E-state index >= 15 is 0 Å². The van der Waals surface area contributed by atoms with Crippen LogP contribution in [0.25, 0.3) is 10.8 Å². The predicted octanol–water partition coefficient (Wildman–Crippen LogP) is 4.48. The summed E-state index contributed by atoms with van der Waals surface area (Å²) in [7, 11) is 0. The van der Waals surface area contributed by atoms with Crippen molar-refractivity contribution >= 4 is 22.4 Å². The maximum atomic E-state index is 10.3. The molecule has 29 heavy (non-hydrogen) atoms. The third-order valence-electron chi connectivity index (χ3n) is 5.08. The first-order chi connectivity index (χ1) is 13.4. The van der Waals surface area contributed by atoms with E-state index in [1.54, 1.807) is 24.3 Å². The topological polar surface area (TPSA) is 109 Å². The summed E-state index contributed by atoms with van der Waals surface area (Å²) in [4.78, 5) is 0. The summed E-state index contributed by atoms with van der Waals surface area (Å²) in [5, 5.41) is 41.3. The molecule has 0 spiro atoms. The number of phenols is 2. The largest absolute Gasteiger partial charge is 0.508 e. The molecule has 1 aliphatic rings. The molecule has 0 saturated carbocycles. The minimum Gasteiger partial charge on any atom is -0.508 e. The van der Waals surface area contributed by atoms with Gasteiger partial charge in [0.05, 0.1) is 5.71 Å². The predicted molar refractivity (Wildman–Crippen MR) is 116 cm³/mol. The fourth-order valence-electron chi connectivity index (χ4n) is 4.27. The van der Waals surface area contributed by atoms with E-state index in [2.05, 4.69) is 33.0 Å². The number of aromatic hydroxyl groups is 2. The van der Waals surface area contributed by atoms with E-state index in [1.165, 1.54) is 18.2 Å². The number of benzene rings is 2. The van der Waals surface area contributed by atoms with Gasteiger partial charge < -0.3 is 25.7 Å². The normalized spacial score (nSPS) is 18.8. The Morgan fingerprint density at radius 3 is 2.31 bits per heavy atom. The van der Waals surface area contributed by atoms with E-state index in [0.29, 0.717) is 10.9 Å². The zero-order valence-corrected chi connectivity index (χ0v) is 17.3. The van der Waals surface area contributed by atoms with Crippen molar-refractivity contribution in [3.05, 3.63) is 48.0 Å². The van der Waals surface area contributed by atoms with Crippen molar-refractivity contribution in [3.63, 3.8) is 0 Å². The zero-order valence-electron chi connectivity index (χ0n) is 17.3. The Kier molecular flexibility index (Phi) is 5.41. The Hall–Kier alpha value is -2.86. The highest BCUT2D eigenvalue weighted by atomic mass is 16.5. The standard InChI is InChI=1S/C23H29N3O3/c1-22(2)12-17(13-23(3,4)26-22)29-21(25)8-7-19(24)18-10-14-5-6-16(27)9-15(14)11-20(18)28/h5-11,17,24-28H,12-13H2,1-4H3/b8-7-,24-19?,25-21?. The Morgan fingerprint density at radius 2 is 1.66 bits per heavy atom. The lowest BCUT2D eigenvalue weighted by Crippen LogP contribution is -2.59. The second-order valence-corrected chi connectivity index (χ2v) is 9.05. The number of hydrogen-bond acceptors (Lipinski definition) is 6. The van der Waals surface area contributed by atoms with Gasteiger partial charge in [-0.05, 0) is 68.8 Å². The average molecular weight is 396 g/mol. The number of piperidine rings is 1. The molecule has 1 aliphatic heterocycles. The summed E-state index contributed by atoms with van der Waals surface area (Å²) < 4.78 is 5.83. The van der Waals surface area contributed by atoms with Crippen LogP contribution in [0.3, 0.4) is 0 Å². The quantitative estimate of drug-likeness (QED) is 0.388. The van der Waals surface area contributed by atoms with Gasteiger partial charge in [0, 0.05) is 35.6 Å². The van der Waals surface area contributed by atoms with Crippen molar-refractivity contribution < 1.29 is 14.9 Å². The zero-order chi connectivity index (χ0) is 21.4. The van der Waals surface area contributed by atoms with Crippen LogP contribution in [-0.2, 0) is 4.74 Å². The van der Waals surface area contributed by atoms with Crippen molar-refractivity contribution in [1.82, 2.24) is 5.32 Å². The summed E-state index contributed by atoms with van der Waals surface area (Å²) in [6, 6.07) is 8.07. The van der Waals surface area contributed by atoms with Crippen molar-refractivity contribution in [2.45, 2.75) is 57.7 Å². The fraction of sp³-hybridized carbons (Fsp3) is 0.391. The molecule has 6 nitrogen and oxygen atoms in total. The molecule has 0 aromatic heterocycles. The summed E-state index contributed by atoms with van der Waals surface area (Å²) >= 11 is 0. The first-order valence-corrected chi connectivity index (χ1v) is 9.71. The van der Waals surface area contributed by atoms with Gasteiger partial charge in [-0.2, -0.15) is 0 Å². The molecule has 0 amide bonds. The third kappa shape index (κ3) is 5.15. The lowest BCUT2D eigenvalue weighted by Gasteiger charge is -2.46. The molecule has 1 fully saturated rings. The summed E-state index contributed by atoms with van der Waals surface area (Å²) in [6.45, 7) is 8.51. The van der Waals surface area contributed by atoms with E-state index in [1.807, 2.05) is 0 Å². The van der Waals surface area contributed by atoms with Crippen LogP contribution in [0.1, 0.15) is 46.1 Å². The third-order valence-corrected chi connectivity index (χ3v) is 5.08. The molecule has 0 aliphatic carbocycles. The molecule has 3 rings (SSSR count). The average Bonchev–Trinajstić information content (AvgIpc) is 2.56. The number of nitrogens with one attached hydrogen (secondary N) is 3. The van der Waals surface area contributed by atoms with Gasteiger partial charge in [0.15, 0.2) is 0 Å². The highest BCUT2D eigenvalue weighted by Crippen LogP contribution is 2.31. The van der Waals surface area contributed by atoms with Gasteiger partial charge in [-0.1, -0.05) is 6.07 Å². The first kappa shape index (κ1) is 20.9. The van der Waals surface area contributed by atoms with Crippen LogP contribution >= 0.6 is 0 Å². The Labute approximate surface area is 171 Å². The summed E-state index contributed by atoms with van der Waals surface area (Å²) in [5.74, 6) is 0.0694. The second kappa shape index (κ2) is 7.52. The summed E-state index contributed by atoms with van der Waals surface area (Å²) in [6.07, 6.45) is 4.42. The number of allylic oxidation sites excluding steroid dienone is 1. The van der Waals surface area contributed by atoms with Crippen LogP contribution in [0.4, 0.5) is 0 Å². The number of hydrogen-bond donors (Lipinski definition) is 5. The smallest absolute Gasteiger partial charge is 0.206 e.